The molecular formula is C18H34O4. The van der Waals surface area contributed by atoms with Crippen molar-refractivity contribution in [3.05, 3.63) is 0 Å². The van der Waals surface area contributed by atoms with Crippen molar-refractivity contribution < 1.29 is 19.1 Å². The molecule has 0 heterocycles. The topological polar surface area (TPSA) is 52.6 Å². The largest absolute Gasteiger partial charge is 0.465 e. The number of esters is 2. The normalized spacial score (nSPS) is 14.0. The van der Waals surface area contributed by atoms with Crippen LogP contribution in [0.2, 0.25) is 0 Å². The summed E-state index contributed by atoms with van der Waals surface area (Å²) < 4.78 is 10.7. The highest BCUT2D eigenvalue weighted by molar-refractivity contribution is 5.82. The van der Waals surface area contributed by atoms with Crippen LogP contribution >= 0.6 is 0 Å². The minimum Gasteiger partial charge on any atom is -0.465 e. The minimum absolute atomic E-state index is 0.254. The number of ether oxygens (including phenoxy) is 2. The van der Waals surface area contributed by atoms with Gasteiger partial charge in [0.25, 0.3) is 0 Å². The van der Waals surface area contributed by atoms with Crippen LogP contribution in [0.5, 0.6) is 0 Å². The first kappa shape index (κ1) is 20.9. The zero-order valence-corrected chi connectivity index (χ0v) is 15.2. The zero-order chi connectivity index (χ0) is 17.1. The van der Waals surface area contributed by atoms with Crippen molar-refractivity contribution in [3.8, 4) is 0 Å². The molecule has 0 aliphatic heterocycles. The second-order valence-corrected chi connectivity index (χ2v) is 6.84. The predicted molar refractivity (Wildman–Crippen MR) is 88.4 cm³/mol. The number of rotatable bonds is 11. The van der Waals surface area contributed by atoms with Crippen molar-refractivity contribution in [2.24, 2.45) is 23.7 Å². The van der Waals surface area contributed by atoms with Crippen molar-refractivity contribution in [2.75, 3.05) is 13.2 Å². The van der Waals surface area contributed by atoms with Crippen LogP contribution in [0.3, 0.4) is 0 Å². The molecule has 22 heavy (non-hydrogen) atoms. The van der Waals surface area contributed by atoms with Gasteiger partial charge >= 0.3 is 11.9 Å². The molecule has 4 nitrogen and oxygen atoms in total. The summed E-state index contributed by atoms with van der Waals surface area (Å²) in [6.45, 7) is 12.9. The van der Waals surface area contributed by atoms with E-state index < -0.39 is 0 Å². The van der Waals surface area contributed by atoms with Crippen LogP contribution in [0.1, 0.15) is 67.2 Å². The van der Waals surface area contributed by atoms with Gasteiger partial charge in [0.15, 0.2) is 0 Å². The molecule has 0 aromatic heterocycles. The SMILES string of the molecule is CCCC(C(=O)OCC(C)C)C(CCC)C(=O)OCC(C)C. The van der Waals surface area contributed by atoms with Gasteiger partial charge in [-0.3, -0.25) is 9.59 Å². The molecule has 0 amide bonds. The van der Waals surface area contributed by atoms with Crippen LogP contribution < -0.4 is 0 Å². The zero-order valence-electron chi connectivity index (χ0n) is 15.2. The fourth-order valence-electron chi connectivity index (χ4n) is 2.30. The van der Waals surface area contributed by atoms with Crippen molar-refractivity contribution in [2.45, 2.75) is 67.2 Å². The van der Waals surface area contributed by atoms with Gasteiger partial charge in [-0.2, -0.15) is 0 Å². The third-order valence-corrected chi connectivity index (χ3v) is 3.41. The van der Waals surface area contributed by atoms with E-state index in [4.69, 9.17) is 9.47 Å². The summed E-state index contributed by atoms with van der Waals surface area (Å²) in [6, 6.07) is 0. The van der Waals surface area contributed by atoms with Gasteiger partial charge in [0.2, 0.25) is 0 Å². The Hall–Kier alpha value is -1.06. The van der Waals surface area contributed by atoms with E-state index in [-0.39, 0.29) is 23.8 Å². The van der Waals surface area contributed by atoms with Crippen molar-refractivity contribution in [1.29, 1.82) is 0 Å². The molecule has 0 fully saturated rings. The predicted octanol–water partition coefficient (Wildman–Crippen LogP) is 4.22. The van der Waals surface area contributed by atoms with Crippen LogP contribution in [0.25, 0.3) is 0 Å². The number of carbonyl (C=O) groups excluding carboxylic acids is 2. The van der Waals surface area contributed by atoms with Gasteiger partial charge < -0.3 is 9.47 Å². The highest BCUT2D eigenvalue weighted by Crippen LogP contribution is 2.26. The molecule has 4 heteroatoms. The van der Waals surface area contributed by atoms with E-state index in [0.717, 1.165) is 12.8 Å². The smallest absolute Gasteiger partial charge is 0.309 e. The number of carbonyl (C=O) groups is 2. The van der Waals surface area contributed by atoms with Gasteiger partial charge in [-0.05, 0) is 24.7 Å². The Morgan fingerprint density at radius 2 is 1.05 bits per heavy atom. The molecular weight excluding hydrogens is 280 g/mol. The Kier molecular flexibility index (Phi) is 10.9. The average molecular weight is 314 g/mol. The molecule has 0 aromatic rings. The van der Waals surface area contributed by atoms with E-state index in [1.54, 1.807) is 0 Å². The lowest BCUT2D eigenvalue weighted by Crippen LogP contribution is -2.33. The van der Waals surface area contributed by atoms with Crippen molar-refractivity contribution in [3.63, 3.8) is 0 Å². The Morgan fingerprint density at radius 1 is 0.727 bits per heavy atom. The van der Waals surface area contributed by atoms with Crippen molar-refractivity contribution in [1.82, 2.24) is 0 Å². The van der Waals surface area contributed by atoms with Gasteiger partial charge in [0, 0.05) is 0 Å². The highest BCUT2D eigenvalue weighted by Gasteiger charge is 2.34. The Morgan fingerprint density at radius 3 is 1.27 bits per heavy atom. The molecule has 0 aliphatic rings. The van der Waals surface area contributed by atoms with E-state index in [9.17, 15) is 9.59 Å². The maximum atomic E-state index is 12.4. The Bertz CT molecular complexity index is 291. The lowest BCUT2D eigenvalue weighted by molar-refractivity contribution is -0.162. The third kappa shape index (κ3) is 8.40. The van der Waals surface area contributed by atoms with Gasteiger partial charge in [-0.25, -0.2) is 0 Å². The third-order valence-electron chi connectivity index (χ3n) is 3.41. The average Bonchev–Trinajstić information content (AvgIpc) is 2.45. The molecule has 0 bridgehead atoms. The van der Waals surface area contributed by atoms with Crippen LogP contribution in [-0.2, 0) is 19.1 Å². The summed E-state index contributed by atoms with van der Waals surface area (Å²) in [4.78, 5) is 24.7. The van der Waals surface area contributed by atoms with E-state index in [1.807, 2.05) is 41.5 Å². The van der Waals surface area contributed by atoms with Crippen LogP contribution in [0, 0.1) is 23.7 Å². The lowest BCUT2D eigenvalue weighted by atomic mass is 9.85. The van der Waals surface area contributed by atoms with E-state index >= 15 is 0 Å². The molecule has 0 rings (SSSR count). The summed E-state index contributed by atoms with van der Waals surface area (Å²) in [7, 11) is 0. The molecule has 2 atom stereocenters. The summed E-state index contributed by atoms with van der Waals surface area (Å²) in [5, 5.41) is 0. The molecule has 0 radical (unpaired) electrons. The molecule has 0 saturated heterocycles. The van der Waals surface area contributed by atoms with Gasteiger partial charge in [-0.15, -0.1) is 0 Å². The second kappa shape index (κ2) is 11.5. The van der Waals surface area contributed by atoms with Gasteiger partial charge in [0.05, 0.1) is 25.0 Å². The molecule has 0 aliphatic carbocycles. The number of hydrogen-bond acceptors (Lipinski definition) is 4. The van der Waals surface area contributed by atoms with Crippen molar-refractivity contribution >= 4 is 11.9 Å². The molecule has 0 N–H and O–H groups in total. The summed E-state index contributed by atoms with van der Waals surface area (Å²) in [6.07, 6.45) is 3.02. The van der Waals surface area contributed by atoms with Crippen LogP contribution in [0.15, 0.2) is 0 Å². The van der Waals surface area contributed by atoms with Crippen LogP contribution in [0.4, 0.5) is 0 Å². The molecule has 130 valence electrons. The Labute approximate surface area is 135 Å². The van der Waals surface area contributed by atoms with Gasteiger partial charge in [-0.1, -0.05) is 54.4 Å². The first-order valence-corrected chi connectivity index (χ1v) is 8.66. The highest BCUT2D eigenvalue weighted by atomic mass is 16.5. The molecule has 2 unspecified atom stereocenters. The lowest BCUT2D eigenvalue weighted by Gasteiger charge is -2.24. The summed E-state index contributed by atoms with van der Waals surface area (Å²) in [5.74, 6) is -0.690. The summed E-state index contributed by atoms with van der Waals surface area (Å²) in [5.41, 5.74) is 0. The van der Waals surface area contributed by atoms with E-state index in [1.165, 1.54) is 0 Å². The quantitative estimate of drug-likeness (QED) is 0.536. The first-order chi connectivity index (χ1) is 10.3. The summed E-state index contributed by atoms with van der Waals surface area (Å²) >= 11 is 0. The van der Waals surface area contributed by atoms with E-state index in [2.05, 4.69) is 0 Å². The number of hydrogen-bond donors (Lipinski definition) is 0. The molecule has 0 aromatic carbocycles. The maximum Gasteiger partial charge on any atom is 0.309 e. The monoisotopic (exact) mass is 314 g/mol. The van der Waals surface area contributed by atoms with Gasteiger partial charge in [0.1, 0.15) is 0 Å². The molecule has 0 saturated carbocycles. The second-order valence-electron chi connectivity index (χ2n) is 6.84. The molecule has 0 spiro atoms. The maximum absolute atomic E-state index is 12.4. The Balaban J connectivity index is 4.91. The fourth-order valence-corrected chi connectivity index (χ4v) is 2.30. The fraction of sp³-hybridized carbons (Fsp3) is 0.889. The minimum atomic E-state index is -0.386. The van der Waals surface area contributed by atoms with Crippen LogP contribution in [-0.4, -0.2) is 25.2 Å². The van der Waals surface area contributed by atoms with E-state index in [0.29, 0.717) is 37.9 Å². The standard InChI is InChI=1S/C18H34O4/c1-7-9-15(17(19)21-11-13(3)4)16(10-8-2)18(20)22-12-14(5)6/h13-16H,7-12H2,1-6H3. The first-order valence-electron chi connectivity index (χ1n) is 8.66.